The highest BCUT2D eigenvalue weighted by atomic mass is 79.9. The maximum absolute atomic E-state index is 12.1. The van der Waals surface area contributed by atoms with E-state index in [4.69, 9.17) is 0 Å². The zero-order valence-corrected chi connectivity index (χ0v) is 12.7. The number of aryl methyl sites for hydroxylation is 1. The molecular weight excluding hydrogens is 345 g/mol. The van der Waals surface area contributed by atoms with Crippen LogP contribution >= 0.6 is 15.9 Å². The number of ether oxygens (including phenoxy) is 1. The fourth-order valence-electron chi connectivity index (χ4n) is 1.98. The minimum Gasteiger partial charge on any atom is -0.406 e. The Morgan fingerprint density at radius 3 is 2.14 bits per heavy atom. The topological polar surface area (TPSA) is 9.23 Å². The van der Waals surface area contributed by atoms with Crippen LogP contribution in [0.15, 0.2) is 54.6 Å². The third-order valence-electron chi connectivity index (χ3n) is 3.00. The van der Waals surface area contributed by atoms with E-state index in [-0.39, 0.29) is 10.6 Å². The molecule has 2 rings (SSSR count). The van der Waals surface area contributed by atoms with E-state index in [9.17, 15) is 13.2 Å². The third kappa shape index (κ3) is 5.42. The van der Waals surface area contributed by atoms with Gasteiger partial charge in [-0.15, -0.1) is 13.2 Å². The van der Waals surface area contributed by atoms with Crippen molar-refractivity contribution in [1.82, 2.24) is 0 Å². The number of hydrogen-bond donors (Lipinski definition) is 0. The molecule has 0 radical (unpaired) electrons. The summed E-state index contributed by atoms with van der Waals surface area (Å²) in [5.74, 6) is -0.190. The average Bonchev–Trinajstić information content (AvgIpc) is 2.45. The smallest absolute Gasteiger partial charge is 0.406 e. The lowest BCUT2D eigenvalue weighted by Crippen LogP contribution is -2.17. The molecule has 0 aliphatic carbocycles. The predicted molar refractivity (Wildman–Crippen MR) is 79.6 cm³/mol. The van der Waals surface area contributed by atoms with Gasteiger partial charge in [0.15, 0.2) is 0 Å². The Kier molecular flexibility index (Phi) is 5.28. The van der Waals surface area contributed by atoms with Crippen molar-refractivity contribution in [3.8, 4) is 5.75 Å². The van der Waals surface area contributed by atoms with Gasteiger partial charge < -0.3 is 4.74 Å². The molecule has 0 spiro atoms. The first kappa shape index (κ1) is 15.9. The molecule has 5 heteroatoms. The summed E-state index contributed by atoms with van der Waals surface area (Å²) in [5, 5.41) is 0. The van der Waals surface area contributed by atoms with Crippen LogP contribution < -0.4 is 4.74 Å². The van der Waals surface area contributed by atoms with Crippen LogP contribution in [0.25, 0.3) is 0 Å². The first-order valence-electron chi connectivity index (χ1n) is 6.48. The van der Waals surface area contributed by atoms with E-state index in [1.165, 1.54) is 17.7 Å². The number of alkyl halides is 4. The molecule has 0 bridgehead atoms. The molecule has 2 aromatic carbocycles. The SMILES string of the molecule is FC(F)(F)Oc1ccc(CCC(Br)c2ccccc2)cc1. The molecular formula is C16H14BrF3O. The van der Waals surface area contributed by atoms with Crippen LogP contribution in [-0.2, 0) is 6.42 Å². The van der Waals surface area contributed by atoms with Gasteiger partial charge in [0.05, 0.1) is 0 Å². The van der Waals surface area contributed by atoms with Gasteiger partial charge in [-0.1, -0.05) is 58.4 Å². The van der Waals surface area contributed by atoms with Crippen LogP contribution in [0.4, 0.5) is 13.2 Å². The summed E-state index contributed by atoms with van der Waals surface area (Å²) in [5.41, 5.74) is 2.17. The van der Waals surface area contributed by atoms with E-state index in [1.807, 2.05) is 30.3 Å². The molecule has 0 amide bonds. The van der Waals surface area contributed by atoms with Crippen LogP contribution in [-0.4, -0.2) is 6.36 Å². The quantitative estimate of drug-likeness (QED) is 0.627. The van der Waals surface area contributed by atoms with E-state index >= 15 is 0 Å². The Morgan fingerprint density at radius 2 is 1.57 bits per heavy atom. The minimum atomic E-state index is -4.64. The van der Waals surface area contributed by atoms with Gasteiger partial charge in [0.2, 0.25) is 0 Å². The molecule has 0 fully saturated rings. The normalized spacial score (nSPS) is 13.0. The van der Waals surface area contributed by atoms with Crippen molar-refractivity contribution in [2.45, 2.75) is 24.0 Å². The predicted octanol–water partition coefficient (Wildman–Crippen LogP) is 5.65. The molecule has 0 aliphatic heterocycles. The van der Waals surface area contributed by atoms with Gasteiger partial charge in [-0.05, 0) is 36.1 Å². The van der Waals surface area contributed by atoms with Crippen LogP contribution in [0.1, 0.15) is 22.4 Å². The summed E-state index contributed by atoms with van der Waals surface area (Å²) < 4.78 is 40.0. The van der Waals surface area contributed by atoms with Crippen molar-refractivity contribution < 1.29 is 17.9 Å². The molecule has 0 saturated carbocycles. The molecule has 0 aromatic heterocycles. The second kappa shape index (κ2) is 6.98. The highest BCUT2D eigenvalue weighted by Crippen LogP contribution is 2.28. The standard InChI is InChI=1S/C16H14BrF3O/c17-15(13-4-2-1-3-5-13)11-8-12-6-9-14(10-7-12)21-16(18,19)20/h1-7,9-10,15H,8,11H2. The van der Waals surface area contributed by atoms with Crippen LogP contribution in [0.2, 0.25) is 0 Å². The molecule has 0 heterocycles. The number of benzene rings is 2. The zero-order chi connectivity index (χ0) is 15.3. The maximum Gasteiger partial charge on any atom is 0.573 e. The first-order chi connectivity index (χ1) is 9.94. The number of rotatable bonds is 5. The summed E-state index contributed by atoms with van der Waals surface area (Å²) in [7, 11) is 0. The first-order valence-corrected chi connectivity index (χ1v) is 7.39. The molecule has 21 heavy (non-hydrogen) atoms. The number of halogens is 4. The summed E-state index contributed by atoms with van der Waals surface area (Å²) in [6, 6.07) is 16.0. The monoisotopic (exact) mass is 358 g/mol. The van der Waals surface area contributed by atoms with Crippen molar-refractivity contribution in [2.24, 2.45) is 0 Å². The van der Waals surface area contributed by atoms with Gasteiger partial charge in [-0.25, -0.2) is 0 Å². The van der Waals surface area contributed by atoms with Gasteiger partial charge in [0, 0.05) is 4.83 Å². The third-order valence-corrected chi connectivity index (χ3v) is 3.99. The molecule has 1 unspecified atom stereocenters. The Hall–Kier alpha value is -1.49. The van der Waals surface area contributed by atoms with E-state index in [0.29, 0.717) is 0 Å². The molecule has 2 aromatic rings. The van der Waals surface area contributed by atoms with Gasteiger partial charge in [0.25, 0.3) is 0 Å². The maximum atomic E-state index is 12.1. The van der Waals surface area contributed by atoms with E-state index < -0.39 is 6.36 Å². The van der Waals surface area contributed by atoms with Crippen LogP contribution in [0.3, 0.4) is 0 Å². The van der Waals surface area contributed by atoms with Gasteiger partial charge in [-0.3, -0.25) is 0 Å². The lowest BCUT2D eigenvalue weighted by atomic mass is 10.0. The lowest BCUT2D eigenvalue weighted by molar-refractivity contribution is -0.274. The number of hydrogen-bond acceptors (Lipinski definition) is 1. The molecule has 0 saturated heterocycles. The molecule has 1 atom stereocenters. The molecule has 0 N–H and O–H groups in total. The highest BCUT2D eigenvalue weighted by molar-refractivity contribution is 9.09. The van der Waals surface area contributed by atoms with Gasteiger partial charge in [0.1, 0.15) is 5.75 Å². The summed E-state index contributed by atoms with van der Waals surface area (Å²) in [4.78, 5) is 0.227. The Morgan fingerprint density at radius 1 is 0.952 bits per heavy atom. The van der Waals surface area contributed by atoms with Crippen molar-refractivity contribution in [3.05, 3.63) is 65.7 Å². The van der Waals surface area contributed by atoms with Crippen molar-refractivity contribution in [1.29, 1.82) is 0 Å². The van der Waals surface area contributed by atoms with Crippen molar-refractivity contribution in [2.75, 3.05) is 0 Å². The van der Waals surface area contributed by atoms with Gasteiger partial charge in [-0.2, -0.15) is 0 Å². The summed E-state index contributed by atoms with van der Waals surface area (Å²) in [6.07, 6.45) is -3.00. The zero-order valence-electron chi connectivity index (χ0n) is 11.1. The Bertz CT molecular complexity index is 552. The minimum absolute atomic E-state index is 0.190. The fourth-order valence-corrected chi connectivity index (χ4v) is 2.51. The largest absolute Gasteiger partial charge is 0.573 e. The Labute approximate surface area is 129 Å². The second-order valence-corrected chi connectivity index (χ2v) is 5.71. The van der Waals surface area contributed by atoms with Crippen molar-refractivity contribution in [3.63, 3.8) is 0 Å². The van der Waals surface area contributed by atoms with E-state index in [0.717, 1.165) is 18.4 Å². The van der Waals surface area contributed by atoms with Gasteiger partial charge >= 0.3 is 6.36 Å². The molecule has 0 aliphatic rings. The summed E-state index contributed by atoms with van der Waals surface area (Å²) >= 11 is 3.62. The van der Waals surface area contributed by atoms with E-state index in [1.54, 1.807) is 12.1 Å². The fraction of sp³-hybridized carbons (Fsp3) is 0.250. The highest BCUT2D eigenvalue weighted by Gasteiger charge is 2.30. The van der Waals surface area contributed by atoms with Crippen LogP contribution in [0, 0.1) is 0 Å². The van der Waals surface area contributed by atoms with Crippen molar-refractivity contribution >= 4 is 15.9 Å². The van der Waals surface area contributed by atoms with Crippen LogP contribution in [0.5, 0.6) is 5.75 Å². The second-order valence-electron chi connectivity index (χ2n) is 4.61. The average molecular weight is 359 g/mol. The molecule has 1 nitrogen and oxygen atoms in total. The molecule has 112 valence electrons. The summed E-state index contributed by atoms with van der Waals surface area (Å²) in [6.45, 7) is 0. The van der Waals surface area contributed by atoms with E-state index in [2.05, 4.69) is 20.7 Å². The lowest BCUT2D eigenvalue weighted by Gasteiger charge is -2.11. The Balaban J connectivity index is 1.89.